The molecule has 0 fully saturated rings. The summed E-state index contributed by atoms with van der Waals surface area (Å²) in [6.07, 6.45) is 0.198. The first kappa shape index (κ1) is 17.1. The van der Waals surface area contributed by atoms with Gasteiger partial charge in [0.05, 0.1) is 6.04 Å². The van der Waals surface area contributed by atoms with Crippen LogP contribution in [0.5, 0.6) is 0 Å². The Balaban J connectivity index is 2.80. The van der Waals surface area contributed by atoms with Crippen molar-refractivity contribution in [3.63, 3.8) is 0 Å². The minimum absolute atomic E-state index is 0.104. The van der Waals surface area contributed by atoms with Gasteiger partial charge in [-0.1, -0.05) is 48.7 Å². The summed E-state index contributed by atoms with van der Waals surface area (Å²) < 4.78 is 14.1. The number of nitrogens with zero attached hydrogens (tertiary/aromatic N) is 1. The van der Waals surface area contributed by atoms with E-state index in [1.54, 1.807) is 30.3 Å². The second-order valence-electron chi connectivity index (χ2n) is 5.43. The zero-order valence-electron chi connectivity index (χ0n) is 12.2. The average molecular weight is 296 g/mol. The zero-order chi connectivity index (χ0) is 16.0. The Hall–Kier alpha value is -1.95. The van der Waals surface area contributed by atoms with Crippen LogP contribution in [0.4, 0.5) is 4.48 Å². The summed E-state index contributed by atoms with van der Waals surface area (Å²) in [5, 5.41) is 8.90. The van der Waals surface area contributed by atoms with Crippen LogP contribution < -0.4 is 5.73 Å². The number of carboxylic acids is 1. The fourth-order valence-corrected chi connectivity index (χ4v) is 2.02. The smallest absolute Gasteiger partial charge is 0.329 e. The van der Waals surface area contributed by atoms with Gasteiger partial charge in [0.2, 0.25) is 0 Å². The van der Waals surface area contributed by atoms with Crippen molar-refractivity contribution in [1.82, 2.24) is 5.12 Å². The number of carbonyl (C=O) groups excluding carboxylic acids is 1. The van der Waals surface area contributed by atoms with Crippen molar-refractivity contribution in [3.8, 4) is 0 Å². The van der Waals surface area contributed by atoms with E-state index in [1.165, 1.54) is 0 Å². The van der Waals surface area contributed by atoms with Crippen LogP contribution in [0.25, 0.3) is 0 Å². The largest absolute Gasteiger partial charge is 0.480 e. The molecular formula is C15H21FN2O3. The Morgan fingerprint density at radius 3 is 2.33 bits per heavy atom. The van der Waals surface area contributed by atoms with Crippen LogP contribution in [0.3, 0.4) is 0 Å². The van der Waals surface area contributed by atoms with Gasteiger partial charge in [-0.3, -0.25) is 4.79 Å². The molecule has 0 spiro atoms. The zero-order valence-corrected chi connectivity index (χ0v) is 12.2. The lowest BCUT2D eigenvalue weighted by molar-refractivity contribution is -0.167. The molecule has 1 amide bonds. The van der Waals surface area contributed by atoms with Gasteiger partial charge < -0.3 is 10.8 Å². The third-order valence-corrected chi connectivity index (χ3v) is 3.08. The summed E-state index contributed by atoms with van der Waals surface area (Å²) in [7, 11) is 0. The Bertz CT molecular complexity index is 479. The molecule has 0 aromatic heterocycles. The summed E-state index contributed by atoms with van der Waals surface area (Å²) in [4.78, 5) is 23.1. The maximum Gasteiger partial charge on any atom is 0.329 e. The number of aliphatic carboxylic acids is 1. The van der Waals surface area contributed by atoms with Crippen molar-refractivity contribution in [3.05, 3.63) is 35.9 Å². The predicted octanol–water partition coefficient (Wildman–Crippen LogP) is 1.77. The first-order valence-electron chi connectivity index (χ1n) is 6.84. The van der Waals surface area contributed by atoms with E-state index < -0.39 is 24.0 Å². The first-order valence-corrected chi connectivity index (χ1v) is 6.84. The summed E-state index contributed by atoms with van der Waals surface area (Å²) >= 11 is 0. The molecule has 0 saturated carbocycles. The SMILES string of the molecule is CC(C)C[C@H](N)C(=O)N(F)[C@@H](Cc1ccccc1)C(=O)O. The van der Waals surface area contributed by atoms with Gasteiger partial charge in [-0.25, -0.2) is 4.79 Å². The van der Waals surface area contributed by atoms with Gasteiger partial charge in [-0.2, -0.15) is 5.12 Å². The molecule has 0 heterocycles. The van der Waals surface area contributed by atoms with Gasteiger partial charge in [0, 0.05) is 6.42 Å². The molecule has 5 nitrogen and oxygen atoms in total. The van der Waals surface area contributed by atoms with Gasteiger partial charge in [-0.05, 0) is 17.9 Å². The van der Waals surface area contributed by atoms with Gasteiger partial charge in [-0.15, -0.1) is 0 Å². The van der Waals surface area contributed by atoms with Crippen molar-refractivity contribution < 1.29 is 19.2 Å². The number of amides is 1. The standard InChI is InChI=1S/C15H21FN2O3/c1-10(2)8-12(17)14(19)18(16)13(15(20)21)9-11-6-4-3-5-7-11/h3-7,10,12-13H,8-9,17H2,1-2H3,(H,20,21)/t12-,13-/m0/s1. The number of nitrogens with two attached hydrogens (primary N) is 1. The van der Waals surface area contributed by atoms with E-state index in [2.05, 4.69) is 0 Å². The topological polar surface area (TPSA) is 83.6 Å². The van der Waals surface area contributed by atoms with Crippen molar-refractivity contribution in [1.29, 1.82) is 0 Å². The lowest BCUT2D eigenvalue weighted by Crippen LogP contribution is -2.48. The van der Waals surface area contributed by atoms with E-state index in [0.717, 1.165) is 0 Å². The lowest BCUT2D eigenvalue weighted by atomic mass is 10.0. The fraction of sp³-hybridized carbons (Fsp3) is 0.467. The van der Waals surface area contributed by atoms with Crippen LogP contribution in [-0.2, 0) is 16.0 Å². The molecule has 116 valence electrons. The highest BCUT2D eigenvalue weighted by atomic mass is 19.2. The lowest BCUT2D eigenvalue weighted by Gasteiger charge is -2.23. The molecule has 21 heavy (non-hydrogen) atoms. The van der Waals surface area contributed by atoms with Crippen molar-refractivity contribution in [2.45, 2.75) is 38.8 Å². The van der Waals surface area contributed by atoms with E-state index in [9.17, 15) is 14.1 Å². The molecule has 0 unspecified atom stereocenters. The maximum atomic E-state index is 14.1. The number of carbonyl (C=O) groups is 2. The van der Waals surface area contributed by atoms with Crippen LogP contribution in [0, 0.1) is 5.92 Å². The maximum absolute atomic E-state index is 14.1. The third kappa shape index (κ3) is 5.15. The predicted molar refractivity (Wildman–Crippen MR) is 77.0 cm³/mol. The van der Waals surface area contributed by atoms with E-state index in [0.29, 0.717) is 12.0 Å². The minimum Gasteiger partial charge on any atom is -0.480 e. The van der Waals surface area contributed by atoms with Gasteiger partial charge in [0.1, 0.15) is 0 Å². The molecule has 1 aromatic rings. The minimum atomic E-state index is -1.57. The van der Waals surface area contributed by atoms with Crippen molar-refractivity contribution in [2.75, 3.05) is 0 Å². The summed E-state index contributed by atoms with van der Waals surface area (Å²) in [5.74, 6) is -2.27. The number of benzene rings is 1. The Morgan fingerprint density at radius 1 is 1.29 bits per heavy atom. The summed E-state index contributed by atoms with van der Waals surface area (Å²) in [6.45, 7) is 3.71. The van der Waals surface area contributed by atoms with Crippen molar-refractivity contribution in [2.24, 2.45) is 11.7 Å². The number of rotatable bonds is 7. The molecule has 2 atom stereocenters. The highest BCUT2D eigenvalue weighted by Crippen LogP contribution is 2.13. The normalized spacial score (nSPS) is 13.8. The van der Waals surface area contributed by atoms with Gasteiger partial charge >= 0.3 is 5.97 Å². The molecule has 0 aliphatic heterocycles. The number of hydrogen-bond acceptors (Lipinski definition) is 3. The Kier molecular flexibility index (Phi) is 6.30. The van der Waals surface area contributed by atoms with E-state index in [1.807, 2.05) is 13.8 Å². The molecule has 0 aliphatic carbocycles. The fourth-order valence-electron chi connectivity index (χ4n) is 2.02. The molecule has 0 saturated heterocycles. The third-order valence-electron chi connectivity index (χ3n) is 3.08. The molecule has 1 aromatic carbocycles. The van der Waals surface area contributed by atoms with Crippen molar-refractivity contribution >= 4 is 11.9 Å². The van der Waals surface area contributed by atoms with Gasteiger partial charge in [0.15, 0.2) is 6.04 Å². The van der Waals surface area contributed by atoms with Crippen LogP contribution in [0.1, 0.15) is 25.8 Å². The molecule has 1 rings (SSSR count). The highest BCUT2D eigenvalue weighted by Gasteiger charge is 2.33. The molecular weight excluding hydrogens is 275 g/mol. The van der Waals surface area contributed by atoms with E-state index in [4.69, 9.17) is 10.8 Å². The summed E-state index contributed by atoms with van der Waals surface area (Å²) in [5.41, 5.74) is 6.26. The second kappa shape index (κ2) is 7.73. The number of carboxylic acid groups (broad SMARTS) is 1. The monoisotopic (exact) mass is 296 g/mol. The van der Waals surface area contributed by atoms with Crippen LogP contribution in [-0.4, -0.2) is 34.2 Å². The summed E-state index contributed by atoms with van der Waals surface area (Å²) in [6, 6.07) is 5.98. The molecule has 0 bridgehead atoms. The van der Waals surface area contributed by atoms with E-state index in [-0.39, 0.29) is 17.5 Å². The quantitative estimate of drug-likeness (QED) is 0.751. The van der Waals surface area contributed by atoms with E-state index >= 15 is 0 Å². The number of hydrogen-bond donors (Lipinski definition) is 2. The second-order valence-corrected chi connectivity index (χ2v) is 5.43. The van der Waals surface area contributed by atoms with Gasteiger partial charge in [0.25, 0.3) is 5.91 Å². The average Bonchev–Trinajstić information content (AvgIpc) is 2.43. The van der Waals surface area contributed by atoms with Crippen LogP contribution in [0.2, 0.25) is 0 Å². The molecule has 6 heteroatoms. The van der Waals surface area contributed by atoms with Crippen LogP contribution >= 0.6 is 0 Å². The Morgan fingerprint density at radius 2 is 1.86 bits per heavy atom. The molecule has 0 aliphatic rings. The number of halogens is 1. The highest BCUT2D eigenvalue weighted by molar-refractivity contribution is 5.86. The van der Waals surface area contributed by atoms with Crippen LogP contribution in [0.15, 0.2) is 30.3 Å². The molecule has 0 radical (unpaired) electrons. The Labute approximate surface area is 123 Å². The first-order chi connectivity index (χ1) is 9.82. The molecule has 3 N–H and O–H groups in total.